The molecule has 6 nitrogen and oxygen atoms in total. The predicted molar refractivity (Wildman–Crippen MR) is 116 cm³/mol. The van der Waals surface area contributed by atoms with Gasteiger partial charge in [0.25, 0.3) is 11.8 Å². The number of carbonyl (C=O) groups excluding carboxylic acids is 2. The van der Waals surface area contributed by atoms with Crippen LogP contribution in [0.4, 0.5) is 5.69 Å². The summed E-state index contributed by atoms with van der Waals surface area (Å²) in [5.41, 5.74) is 1.99. The van der Waals surface area contributed by atoms with Crippen molar-refractivity contribution in [2.24, 2.45) is 0 Å². The lowest BCUT2D eigenvalue weighted by atomic mass is 10.1. The van der Waals surface area contributed by atoms with E-state index >= 15 is 0 Å². The first-order valence-electron chi connectivity index (χ1n) is 9.63. The highest BCUT2D eigenvalue weighted by atomic mass is 16.5. The molecular weight excluding hydrogens is 380 g/mol. The highest BCUT2D eigenvalue weighted by molar-refractivity contribution is 6.04. The van der Waals surface area contributed by atoms with Gasteiger partial charge in [0.15, 0.2) is 6.61 Å². The van der Waals surface area contributed by atoms with Gasteiger partial charge in [-0.15, -0.1) is 0 Å². The molecule has 0 aliphatic carbocycles. The quantitative estimate of drug-likeness (QED) is 0.570. The Labute approximate surface area is 175 Å². The topological polar surface area (TPSA) is 76.7 Å². The maximum atomic E-state index is 12.6. The van der Waals surface area contributed by atoms with Crippen LogP contribution in [0.5, 0.6) is 11.5 Å². The molecule has 0 heterocycles. The first-order chi connectivity index (χ1) is 14.7. The first kappa shape index (κ1) is 20.9. The zero-order valence-corrected chi connectivity index (χ0v) is 16.8. The normalized spacial score (nSPS) is 10.2. The van der Waals surface area contributed by atoms with Crippen molar-refractivity contribution in [2.45, 2.75) is 6.42 Å². The van der Waals surface area contributed by atoms with E-state index in [4.69, 9.17) is 9.47 Å². The molecule has 0 aliphatic heterocycles. The molecule has 0 fully saturated rings. The van der Waals surface area contributed by atoms with E-state index in [0.717, 1.165) is 12.0 Å². The van der Waals surface area contributed by atoms with E-state index in [0.29, 0.717) is 29.3 Å². The first-order valence-corrected chi connectivity index (χ1v) is 9.63. The van der Waals surface area contributed by atoms with Crippen molar-refractivity contribution in [1.82, 2.24) is 5.32 Å². The van der Waals surface area contributed by atoms with E-state index in [1.165, 1.54) is 0 Å². The molecule has 0 aromatic heterocycles. The number of para-hydroxylation sites is 1. The van der Waals surface area contributed by atoms with Gasteiger partial charge < -0.3 is 20.1 Å². The van der Waals surface area contributed by atoms with Crippen molar-refractivity contribution in [3.63, 3.8) is 0 Å². The summed E-state index contributed by atoms with van der Waals surface area (Å²) in [6, 6.07) is 23.8. The number of hydrogen-bond donors (Lipinski definition) is 2. The summed E-state index contributed by atoms with van der Waals surface area (Å²) < 4.78 is 10.6. The molecule has 0 saturated heterocycles. The van der Waals surface area contributed by atoms with Crippen molar-refractivity contribution in [1.29, 1.82) is 0 Å². The smallest absolute Gasteiger partial charge is 0.262 e. The number of nitrogens with one attached hydrogen (secondary N) is 2. The minimum atomic E-state index is -0.359. The number of anilines is 1. The fraction of sp³-hybridized carbons (Fsp3) is 0.167. The Kier molecular flexibility index (Phi) is 7.44. The largest absolute Gasteiger partial charge is 0.497 e. The van der Waals surface area contributed by atoms with Gasteiger partial charge in [0.2, 0.25) is 0 Å². The van der Waals surface area contributed by atoms with Crippen LogP contribution in [0.15, 0.2) is 78.9 Å². The lowest BCUT2D eigenvalue weighted by molar-refractivity contribution is -0.118. The monoisotopic (exact) mass is 404 g/mol. The van der Waals surface area contributed by atoms with Crippen LogP contribution in [0, 0.1) is 0 Å². The van der Waals surface area contributed by atoms with Crippen molar-refractivity contribution in [3.8, 4) is 11.5 Å². The summed E-state index contributed by atoms with van der Waals surface area (Å²) in [7, 11) is 1.56. The molecule has 0 atom stereocenters. The second-order valence-corrected chi connectivity index (χ2v) is 6.55. The Hall–Kier alpha value is -3.80. The SMILES string of the molecule is COc1cccc(OCC(=O)Nc2ccccc2C(=O)NCCc2ccccc2)c1. The average Bonchev–Trinajstić information content (AvgIpc) is 2.79. The second kappa shape index (κ2) is 10.7. The molecule has 0 unspecified atom stereocenters. The van der Waals surface area contributed by atoms with Crippen LogP contribution >= 0.6 is 0 Å². The fourth-order valence-electron chi connectivity index (χ4n) is 2.88. The number of benzene rings is 3. The Morgan fingerprint density at radius 2 is 1.60 bits per heavy atom. The summed E-state index contributed by atoms with van der Waals surface area (Å²) in [5.74, 6) is 0.569. The van der Waals surface area contributed by atoms with E-state index in [1.54, 1.807) is 55.6 Å². The molecule has 3 aromatic carbocycles. The Morgan fingerprint density at radius 1 is 0.867 bits per heavy atom. The fourth-order valence-corrected chi connectivity index (χ4v) is 2.88. The van der Waals surface area contributed by atoms with Gasteiger partial charge in [-0.2, -0.15) is 0 Å². The summed E-state index contributed by atoms with van der Waals surface area (Å²) in [4.78, 5) is 24.9. The van der Waals surface area contributed by atoms with Gasteiger partial charge in [0.1, 0.15) is 11.5 Å². The average molecular weight is 404 g/mol. The summed E-state index contributed by atoms with van der Waals surface area (Å²) in [6.45, 7) is 0.321. The Balaban J connectivity index is 1.54. The van der Waals surface area contributed by atoms with Crippen LogP contribution in [-0.4, -0.2) is 32.1 Å². The molecule has 3 aromatic rings. The summed E-state index contributed by atoms with van der Waals surface area (Å²) in [6.07, 6.45) is 0.732. The minimum absolute atomic E-state index is 0.183. The van der Waals surface area contributed by atoms with Crippen LogP contribution in [0.2, 0.25) is 0 Å². The molecule has 0 aliphatic rings. The zero-order chi connectivity index (χ0) is 21.2. The van der Waals surface area contributed by atoms with Crippen molar-refractivity contribution in [3.05, 3.63) is 90.0 Å². The third-order valence-corrected chi connectivity index (χ3v) is 4.40. The van der Waals surface area contributed by atoms with Crippen LogP contribution in [0.1, 0.15) is 15.9 Å². The molecule has 6 heteroatoms. The van der Waals surface area contributed by atoms with Crippen LogP contribution in [0.25, 0.3) is 0 Å². The number of ether oxygens (including phenoxy) is 2. The van der Waals surface area contributed by atoms with E-state index in [9.17, 15) is 9.59 Å². The lowest BCUT2D eigenvalue weighted by Crippen LogP contribution is -2.28. The number of carbonyl (C=O) groups is 2. The molecule has 0 radical (unpaired) electrons. The van der Waals surface area contributed by atoms with Crippen LogP contribution in [0.3, 0.4) is 0 Å². The van der Waals surface area contributed by atoms with Gasteiger partial charge >= 0.3 is 0 Å². The molecule has 0 saturated carbocycles. The number of amides is 2. The lowest BCUT2D eigenvalue weighted by Gasteiger charge is -2.12. The Morgan fingerprint density at radius 3 is 2.40 bits per heavy atom. The van der Waals surface area contributed by atoms with Gasteiger partial charge in [-0.05, 0) is 36.2 Å². The highest BCUT2D eigenvalue weighted by Crippen LogP contribution is 2.19. The van der Waals surface area contributed by atoms with Gasteiger partial charge in [-0.25, -0.2) is 0 Å². The van der Waals surface area contributed by atoms with Gasteiger partial charge in [-0.1, -0.05) is 48.5 Å². The molecule has 0 spiro atoms. The third kappa shape index (κ3) is 6.10. The molecule has 0 bridgehead atoms. The predicted octanol–water partition coefficient (Wildman–Crippen LogP) is 3.69. The molecule has 2 amide bonds. The Bertz CT molecular complexity index is 989. The standard InChI is InChI=1S/C24H24N2O4/c1-29-19-10-7-11-20(16-19)30-17-23(27)26-22-13-6-5-12-21(22)24(28)25-15-14-18-8-3-2-4-9-18/h2-13,16H,14-15,17H2,1H3,(H,25,28)(H,26,27). The molecule has 2 N–H and O–H groups in total. The van der Waals surface area contributed by atoms with E-state index in [-0.39, 0.29) is 18.4 Å². The summed E-state index contributed by atoms with van der Waals surface area (Å²) in [5, 5.41) is 5.64. The van der Waals surface area contributed by atoms with Crippen molar-refractivity contribution < 1.29 is 19.1 Å². The van der Waals surface area contributed by atoms with E-state index in [1.807, 2.05) is 30.3 Å². The minimum Gasteiger partial charge on any atom is -0.497 e. The number of rotatable bonds is 9. The van der Waals surface area contributed by atoms with Crippen molar-refractivity contribution >= 4 is 17.5 Å². The zero-order valence-electron chi connectivity index (χ0n) is 16.8. The molecule has 30 heavy (non-hydrogen) atoms. The van der Waals surface area contributed by atoms with Gasteiger partial charge in [0, 0.05) is 12.6 Å². The third-order valence-electron chi connectivity index (χ3n) is 4.40. The van der Waals surface area contributed by atoms with Gasteiger partial charge in [0.05, 0.1) is 18.4 Å². The van der Waals surface area contributed by atoms with E-state index < -0.39 is 0 Å². The maximum absolute atomic E-state index is 12.6. The van der Waals surface area contributed by atoms with Crippen molar-refractivity contribution in [2.75, 3.05) is 25.6 Å². The molecule has 3 rings (SSSR count). The molecular formula is C24H24N2O4. The van der Waals surface area contributed by atoms with E-state index in [2.05, 4.69) is 10.6 Å². The molecule has 154 valence electrons. The number of hydrogen-bond acceptors (Lipinski definition) is 4. The summed E-state index contributed by atoms with van der Waals surface area (Å²) >= 11 is 0. The van der Waals surface area contributed by atoms with Gasteiger partial charge in [-0.3, -0.25) is 9.59 Å². The highest BCUT2D eigenvalue weighted by Gasteiger charge is 2.13. The van der Waals surface area contributed by atoms with Crippen LogP contribution in [-0.2, 0) is 11.2 Å². The number of methoxy groups -OCH3 is 1. The second-order valence-electron chi connectivity index (χ2n) is 6.55. The maximum Gasteiger partial charge on any atom is 0.262 e. The van der Waals surface area contributed by atoms with Crippen LogP contribution < -0.4 is 20.1 Å².